The van der Waals surface area contributed by atoms with Crippen LogP contribution in [0.3, 0.4) is 0 Å². The molecule has 2 aromatic rings. The van der Waals surface area contributed by atoms with Gasteiger partial charge in [-0.25, -0.2) is 4.39 Å². The summed E-state index contributed by atoms with van der Waals surface area (Å²) < 4.78 is 14.7. The quantitative estimate of drug-likeness (QED) is 0.924. The summed E-state index contributed by atoms with van der Waals surface area (Å²) in [6.07, 6.45) is 2.27. The summed E-state index contributed by atoms with van der Waals surface area (Å²) in [5.74, 6) is -0.943. The lowest BCUT2D eigenvalue weighted by atomic mass is 10.1. The molecule has 0 aliphatic rings. The van der Waals surface area contributed by atoms with E-state index in [4.69, 9.17) is 0 Å². The van der Waals surface area contributed by atoms with E-state index in [-0.39, 0.29) is 11.8 Å². The van der Waals surface area contributed by atoms with Crippen LogP contribution in [0.5, 0.6) is 0 Å². The van der Waals surface area contributed by atoms with Crippen LogP contribution in [0.2, 0.25) is 0 Å². The number of halogens is 1. The molecule has 0 saturated carbocycles. The zero-order chi connectivity index (χ0) is 14.0. The summed E-state index contributed by atoms with van der Waals surface area (Å²) in [6.45, 7) is 3.89. The molecule has 19 heavy (non-hydrogen) atoms. The van der Waals surface area contributed by atoms with Crippen molar-refractivity contribution in [3.05, 3.63) is 35.8 Å². The summed E-state index contributed by atoms with van der Waals surface area (Å²) in [5, 5.41) is 3.17. The number of aromatic nitrogens is 1. The molecule has 1 aromatic carbocycles. The second kappa shape index (κ2) is 5.22. The fourth-order valence-corrected chi connectivity index (χ4v) is 1.98. The molecular formula is C14H15FN2O2. The van der Waals surface area contributed by atoms with Crippen molar-refractivity contribution in [2.24, 2.45) is 0 Å². The number of nitrogens with zero attached hydrogens (tertiary/aromatic N) is 1. The number of hydrogen-bond donors (Lipinski definition) is 1. The lowest BCUT2D eigenvalue weighted by Gasteiger charge is -2.01. The normalized spacial score (nSPS) is 10.7. The number of rotatable bonds is 3. The Kier molecular flexibility index (Phi) is 3.64. The molecule has 0 fully saturated rings. The molecule has 0 bridgehead atoms. The lowest BCUT2D eigenvalue weighted by Crippen LogP contribution is -2.23. The first-order valence-corrected chi connectivity index (χ1v) is 6.14. The first-order valence-electron chi connectivity index (χ1n) is 6.14. The third-order valence-corrected chi connectivity index (χ3v) is 2.89. The lowest BCUT2D eigenvalue weighted by molar-refractivity contribution is 0.0941. The first-order chi connectivity index (χ1) is 9.04. The van der Waals surface area contributed by atoms with Crippen LogP contribution in [0.25, 0.3) is 10.9 Å². The predicted molar refractivity (Wildman–Crippen MR) is 70.8 cm³/mol. The Balaban J connectivity index is 2.57. The highest BCUT2D eigenvalue weighted by molar-refractivity contribution is 6.09. The van der Waals surface area contributed by atoms with Gasteiger partial charge < -0.3 is 5.32 Å². The number of carbonyl (C=O) groups excluding carboxylic acids is 2. The third-order valence-electron chi connectivity index (χ3n) is 2.89. The van der Waals surface area contributed by atoms with E-state index < -0.39 is 5.82 Å². The van der Waals surface area contributed by atoms with Crippen LogP contribution in [0.1, 0.15) is 35.4 Å². The van der Waals surface area contributed by atoms with E-state index in [2.05, 4.69) is 5.32 Å². The monoisotopic (exact) mass is 262 g/mol. The van der Waals surface area contributed by atoms with Gasteiger partial charge in [-0.1, -0.05) is 6.92 Å². The maximum absolute atomic E-state index is 13.3. The molecule has 0 spiro atoms. The summed E-state index contributed by atoms with van der Waals surface area (Å²) >= 11 is 0. The van der Waals surface area contributed by atoms with Crippen molar-refractivity contribution in [2.45, 2.75) is 20.3 Å². The van der Waals surface area contributed by atoms with Crippen molar-refractivity contribution >= 4 is 22.7 Å². The largest absolute Gasteiger partial charge is 0.352 e. The van der Waals surface area contributed by atoms with Crippen molar-refractivity contribution in [1.29, 1.82) is 0 Å². The van der Waals surface area contributed by atoms with E-state index in [0.717, 1.165) is 6.42 Å². The average Bonchev–Trinajstić information content (AvgIpc) is 2.74. The second-order valence-electron chi connectivity index (χ2n) is 4.35. The smallest absolute Gasteiger partial charge is 0.253 e. The Labute approximate surface area is 110 Å². The molecule has 4 nitrogen and oxygen atoms in total. The molecule has 0 aliphatic heterocycles. The maximum Gasteiger partial charge on any atom is 0.253 e. The predicted octanol–water partition coefficient (Wildman–Crippen LogP) is 2.58. The van der Waals surface area contributed by atoms with E-state index in [1.807, 2.05) is 6.92 Å². The number of benzene rings is 1. The van der Waals surface area contributed by atoms with Crippen LogP contribution in [0, 0.1) is 5.82 Å². The van der Waals surface area contributed by atoms with Gasteiger partial charge in [-0.2, -0.15) is 0 Å². The van der Waals surface area contributed by atoms with E-state index in [9.17, 15) is 14.0 Å². The van der Waals surface area contributed by atoms with E-state index in [0.29, 0.717) is 23.0 Å². The van der Waals surface area contributed by atoms with E-state index >= 15 is 0 Å². The van der Waals surface area contributed by atoms with Crippen molar-refractivity contribution in [2.75, 3.05) is 6.54 Å². The molecular weight excluding hydrogens is 247 g/mol. The van der Waals surface area contributed by atoms with Gasteiger partial charge in [0.1, 0.15) is 5.82 Å². The standard InChI is InChI=1S/C14H15FN2O2/c1-3-6-16-14(19)12-8-17(9(2)18)13-5-4-10(15)7-11(12)13/h4-5,7-8H,3,6H2,1-2H3,(H,16,19). The summed E-state index contributed by atoms with van der Waals surface area (Å²) in [7, 11) is 0. The highest BCUT2D eigenvalue weighted by Crippen LogP contribution is 2.22. The minimum Gasteiger partial charge on any atom is -0.352 e. The molecule has 1 amide bonds. The van der Waals surface area contributed by atoms with Gasteiger partial charge in [0, 0.05) is 25.1 Å². The van der Waals surface area contributed by atoms with Crippen molar-refractivity contribution in [3.63, 3.8) is 0 Å². The zero-order valence-electron chi connectivity index (χ0n) is 10.9. The maximum atomic E-state index is 13.3. The molecule has 5 heteroatoms. The molecule has 0 saturated heterocycles. The first kappa shape index (κ1) is 13.3. The Hall–Kier alpha value is -2.17. The highest BCUT2D eigenvalue weighted by atomic mass is 19.1. The van der Waals surface area contributed by atoms with Crippen molar-refractivity contribution < 1.29 is 14.0 Å². The number of carbonyl (C=O) groups is 2. The van der Waals surface area contributed by atoms with Gasteiger partial charge in [0.15, 0.2) is 0 Å². The summed E-state index contributed by atoms with van der Waals surface area (Å²) in [6, 6.07) is 4.05. The topological polar surface area (TPSA) is 51.1 Å². The molecule has 0 unspecified atom stereocenters. The molecule has 1 aromatic heterocycles. The van der Waals surface area contributed by atoms with Gasteiger partial charge in [0.25, 0.3) is 5.91 Å². The zero-order valence-corrected chi connectivity index (χ0v) is 10.9. The van der Waals surface area contributed by atoms with Gasteiger partial charge in [-0.3, -0.25) is 14.2 Å². The number of amides is 1. The number of nitrogens with one attached hydrogen (secondary N) is 1. The van der Waals surface area contributed by atoms with E-state index in [1.165, 1.54) is 35.9 Å². The summed E-state index contributed by atoms with van der Waals surface area (Å²) in [4.78, 5) is 23.5. The molecule has 2 rings (SSSR count). The van der Waals surface area contributed by atoms with Crippen molar-refractivity contribution in [3.8, 4) is 0 Å². The fraction of sp³-hybridized carbons (Fsp3) is 0.286. The molecule has 1 heterocycles. The second-order valence-corrected chi connectivity index (χ2v) is 4.35. The van der Waals surface area contributed by atoms with Crippen LogP contribution >= 0.6 is 0 Å². The number of hydrogen-bond acceptors (Lipinski definition) is 2. The van der Waals surface area contributed by atoms with Gasteiger partial charge >= 0.3 is 0 Å². The molecule has 0 radical (unpaired) electrons. The minimum absolute atomic E-state index is 0.217. The van der Waals surface area contributed by atoms with Crippen LogP contribution < -0.4 is 5.32 Å². The van der Waals surface area contributed by atoms with Gasteiger partial charge in [-0.15, -0.1) is 0 Å². The third kappa shape index (κ3) is 2.50. The minimum atomic E-state index is -0.432. The Morgan fingerprint density at radius 2 is 2.11 bits per heavy atom. The highest BCUT2D eigenvalue weighted by Gasteiger charge is 2.16. The fourth-order valence-electron chi connectivity index (χ4n) is 1.98. The molecule has 0 aliphatic carbocycles. The van der Waals surface area contributed by atoms with Crippen LogP contribution in [-0.4, -0.2) is 22.9 Å². The van der Waals surface area contributed by atoms with Crippen LogP contribution in [0.15, 0.2) is 24.4 Å². The SMILES string of the molecule is CCCNC(=O)c1cn(C(C)=O)c2ccc(F)cc12. The molecule has 0 atom stereocenters. The van der Waals surface area contributed by atoms with Gasteiger partial charge in [0.05, 0.1) is 11.1 Å². The summed E-state index contributed by atoms with van der Waals surface area (Å²) in [5.41, 5.74) is 0.855. The number of fused-ring (bicyclic) bond motifs is 1. The Morgan fingerprint density at radius 1 is 1.37 bits per heavy atom. The average molecular weight is 262 g/mol. The molecule has 1 N–H and O–H groups in total. The van der Waals surface area contributed by atoms with Gasteiger partial charge in [-0.05, 0) is 24.6 Å². The molecule has 100 valence electrons. The van der Waals surface area contributed by atoms with Crippen molar-refractivity contribution in [1.82, 2.24) is 9.88 Å². The van der Waals surface area contributed by atoms with Crippen LogP contribution in [-0.2, 0) is 0 Å². The van der Waals surface area contributed by atoms with Crippen LogP contribution in [0.4, 0.5) is 4.39 Å². The van der Waals surface area contributed by atoms with Gasteiger partial charge in [0.2, 0.25) is 5.91 Å². The Bertz CT molecular complexity index is 646. The Morgan fingerprint density at radius 3 is 2.74 bits per heavy atom. The van der Waals surface area contributed by atoms with E-state index in [1.54, 1.807) is 0 Å².